The number of nitrogen functional groups attached to an aromatic ring is 1. The second kappa shape index (κ2) is 6.89. The van der Waals surface area contributed by atoms with Crippen LogP contribution in [0.2, 0.25) is 0 Å². The lowest BCUT2D eigenvalue weighted by Crippen LogP contribution is -2.15. The summed E-state index contributed by atoms with van der Waals surface area (Å²) in [6.07, 6.45) is 2.03. The molecule has 0 saturated carbocycles. The van der Waals surface area contributed by atoms with Crippen molar-refractivity contribution in [2.45, 2.75) is 39.7 Å². The van der Waals surface area contributed by atoms with E-state index in [9.17, 15) is 4.79 Å². The molecule has 3 N–H and O–H groups in total. The van der Waals surface area contributed by atoms with Crippen LogP contribution in [0.5, 0.6) is 0 Å². The molecular formula is C14H22N2O2. The van der Waals surface area contributed by atoms with Crippen LogP contribution in [0.15, 0.2) is 18.2 Å². The second-order valence-electron chi connectivity index (χ2n) is 4.54. The van der Waals surface area contributed by atoms with Crippen molar-refractivity contribution in [2.75, 3.05) is 17.6 Å². The highest BCUT2D eigenvalue weighted by molar-refractivity contribution is 5.96. The van der Waals surface area contributed by atoms with Gasteiger partial charge in [0.2, 0.25) is 0 Å². The monoisotopic (exact) mass is 250 g/mol. The summed E-state index contributed by atoms with van der Waals surface area (Å²) < 4.78 is 5.20. The molecule has 0 heterocycles. The van der Waals surface area contributed by atoms with Gasteiger partial charge in [0.05, 0.1) is 11.7 Å². The maximum absolute atomic E-state index is 11.9. The van der Waals surface area contributed by atoms with Crippen molar-refractivity contribution in [1.82, 2.24) is 0 Å². The number of nitrogens with two attached hydrogens (primary N) is 1. The number of carbonyl (C=O) groups excluding carboxylic acids is 1. The first-order chi connectivity index (χ1) is 8.54. The average molecular weight is 250 g/mol. The lowest BCUT2D eigenvalue weighted by atomic mass is 10.1. The van der Waals surface area contributed by atoms with E-state index in [0.29, 0.717) is 11.3 Å². The number of nitrogens with one attached hydrogen (secondary N) is 1. The van der Waals surface area contributed by atoms with E-state index >= 15 is 0 Å². The predicted molar refractivity (Wildman–Crippen MR) is 74.8 cm³/mol. The molecule has 0 atom stereocenters. The lowest BCUT2D eigenvalue weighted by Gasteiger charge is -2.13. The number of benzene rings is 1. The first kappa shape index (κ1) is 14.4. The fraction of sp³-hybridized carbons (Fsp3) is 0.500. The fourth-order valence-electron chi connectivity index (χ4n) is 1.56. The Morgan fingerprint density at radius 3 is 2.78 bits per heavy atom. The fourth-order valence-corrected chi connectivity index (χ4v) is 1.56. The summed E-state index contributed by atoms with van der Waals surface area (Å²) in [4.78, 5) is 11.9. The smallest absolute Gasteiger partial charge is 0.340 e. The van der Waals surface area contributed by atoms with Crippen molar-refractivity contribution in [2.24, 2.45) is 0 Å². The minimum Gasteiger partial charge on any atom is -0.459 e. The summed E-state index contributed by atoms with van der Waals surface area (Å²) in [7, 11) is 0. The van der Waals surface area contributed by atoms with Crippen molar-refractivity contribution in [1.29, 1.82) is 0 Å². The van der Waals surface area contributed by atoms with E-state index in [1.807, 2.05) is 19.9 Å². The highest BCUT2D eigenvalue weighted by atomic mass is 16.5. The Labute approximate surface area is 109 Å². The van der Waals surface area contributed by atoms with Crippen LogP contribution in [0, 0.1) is 0 Å². The maximum Gasteiger partial charge on any atom is 0.340 e. The van der Waals surface area contributed by atoms with Crippen molar-refractivity contribution in [3.8, 4) is 0 Å². The van der Waals surface area contributed by atoms with Gasteiger partial charge in [-0.25, -0.2) is 4.79 Å². The van der Waals surface area contributed by atoms with Crippen LogP contribution in [0.1, 0.15) is 44.0 Å². The molecule has 0 aliphatic heterocycles. The number of carbonyl (C=O) groups is 1. The zero-order chi connectivity index (χ0) is 13.5. The van der Waals surface area contributed by atoms with Gasteiger partial charge in [0, 0.05) is 17.9 Å². The van der Waals surface area contributed by atoms with Gasteiger partial charge in [-0.3, -0.25) is 0 Å². The third kappa shape index (κ3) is 4.28. The zero-order valence-corrected chi connectivity index (χ0v) is 11.3. The molecule has 0 radical (unpaired) electrons. The Morgan fingerprint density at radius 2 is 2.17 bits per heavy atom. The molecule has 1 aromatic carbocycles. The molecule has 0 aromatic heterocycles. The van der Waals surface area contributed by atoms with Gasteiger partial charge in [-0.2, -0.15) is 0 Å². The van der Waals surface area contributed by atoms with E-state index in [0.717, 1.165) is 25.1 Å². The largest absolute Gasteiger partial charge is 0.459 e. The van der Waals surface area contributed by atoms with E-state index in [1.54, 1.807) is 12.1 Å². The normalized spacial score (nSPS) is 10.4. The molecule has 0 saturated heterocycles. The SMILES string of the molecule is CCCCNc1ccc(N)cc1C(=O)OC(C)C. The van der Waals surface area contributed by atoms with Gasteiger partial charge in [-0.15, -0.1) is 0 Å². The van der Waals surface area contributed by atoms with Gasteiger partial charge in [0.25, 0.3) is 0 Å². The molecule has 100 valence electrons. The summed E-state index contributed by atoms with van der Waals surface area (Å²) in [5.41, 5.74) is 7.56. The van der Waals surface area contributed by atoms with E-state index in [1.165, 1.54) is 0 Å². The summed E-state index contributed by atoms with van der Waals surface area (Å²) in [5.74, 6) is -0.337. The Hall–Kier alpha value is -1.71. The zero-order valence-electron chi connectivity index (χ0n) is 11.3. The lowest BCUT2D eigenvalue weighted by molar-refractivity contribution is 0.0379. The molecule has 0 bridgehead atoms. The third-order valence-electron chi connectivity index (χ3n) is 2.45. The summed E-state index contributed by atoms with van der Waals surface area (Å²) in [5, 5.41) is 3.24. The minimum atomic E-state index is -0.337. The van der Waals surface area contributed by atoms with E-state index in [4.69, 9.17) is 10.5 Å². The Balaban J connectivity index is 2.85. The van der Waals surface area contributed by atoms with Crippen LogP contribution in [-0.4, -0.2) is 18.6 Å². The number of esters is 1. The van der Waals surface area contributed by atoms with Crippen LogP contribution in [0.25, 0.3) is 0 Å². The van der Waals surface area contributed by atoms with Gasteiger partial charge in [0.15, 0.2) is 0 Å². The Morgan fingerprint density at radius 1 is 1.44 bits per heavy atom. The van der Waals surface area contributed by atoms with Gasteiger partial charge >= 0.3 is 5.97 Å². The summed E-state index contributed by atoms with van der Waals surface area (Å²) in [6, 6.07) is 5.25. The number of hydrogen-bond acceptors (Lipinski definition) is 4. The molecular weight excluding hydrogens is 228 g/mol. The minimum absolute atomic E-state index is 0.137. The van der Waals surface area contributed by atoms with Crippen LogP contribution in [0.3, 0.4) is 0 Å². The molecule has 1 rings (SSSR count). The quantitative estimate of drug-likeness (QED) is 0.462. The highest BCUT2D eigenvalue weighted by Crippen LogP contribution is 2.20. The van der Waals surface area contributed by atoms with Crippen molar-refractivity contribution >= 4 is 17.3 Å². The van der Waals surface area contributed by atoms with Crippen LogP contribution in [-0.2, 0) is 4.74 Å². The van der Waals surface area contributed by atoms with Crippen molar-refractivity contribution in [3.63, 3.8) is 0 Å². The first-order valence-corrected chi connectivity index (χ1v) is 6.39. The van der Waals surface area contributed by atoms with Crippen molar-refractivity contribution < 1.29 is 9.53 Å². The highest BCUT2D eigenvalue weighted by Gasteiger charge is 2.14. The van der Waals surface area contributed by atoms with E-state index < -0.39 is 0 Å². The molecule has 0 fully saturated rings. The Bertz CT molecular complexity index is 403. The van der Waals surface area contributed by atoms with E-state index in [2.05, 4.69) is 12.2 Å². The van der Waals surface area contributed by atoms with Crippen LogP contribution < -0.4 is 11.1 Å². The molecule has 18 heavy (non-hydrogen) atoms. The number of anilines is 2. The first-order valence-electron chi connectivity index (χ1n) is 6.39. The van der Waals surface area contributed by atoms with Gasteiger partial charge in [0.1, 0.15) is 0 Å². The molecule has 0 amide bonds. The summed E-state index contributed by atoms with van der Waals surface area (Å²) >= 11 is 0. The molecule has 1 aromatic rings. The van der Waals surface area contributed by atoms with Gasteiger partial charge in [-0.05, 0) is 38.5 Å². The number of hydrogen-bond donors (Lipinski definition) is 2. The standard InChI is InChI=1S/C14H22N2O2/c1-4-5-8-16-13-7-6-11(15)9-12(13)14(17)18-10(2)3/h6-7,9-10,16H,4-5,8,15H2,1-3H3. The predicted octanol–water partition coefficient (Wildman–Crippen LogP) is 3.05. The topological polar surface area (TPSA) is 64.3 Å². The van der Waals surface area contributed by atoms with Gasteiger partial charge in [-0.1, -0.05) is 13.3 Å². The Kier molecular flexibility index (Phi) is 5.49. The van der Waals surface area contributed by atoms with E-state index in [-0.39, 0.29) is 12.1 Å². The number of ether oxygens (including phenoxy) is 1. The van der Waals surface area contributed by atoms with Crippen molar-refractivity contribution in [3.05, 3.63) is 23.8 Å². The number of rotatable bonds is 6. The molecule has 0 aliphatic rings. The second-order valence-corrected chi connectivity index (χ2v) is 4.54. The van der Waals surface area contributed by atoms with Gasteiger partial charge < -0.3 is 15.8 Å². The maximum atomic E-state index is 11.9. The molecule has 0 spiro atoms. The average Bonchev–Trinajstić information content (AvgIpc) is 2.30. The molecule has 4 heteroatoms. The third-order valence-corrected chi connectivity index (χ3v) is 2.45. The molecule has 0 unspecified atom stereocenters. The molecule has 4 nitrogen and oxygen atoms in total. The van der Waals surface area contributed by atoms with Crippen LogP contribution >= 0.6 is 0 Å². The number of unbranched alkanes of at least 4 members (excludes halogenated alkanes) is 1. The summed E-state index contributed by atoms with van der Waals surface area (Å²) in [6.45, 7) is 6.61. The van der Waals surface area contributed by atoms with Crippen LogP contribution in [0.4, 0.5) is 11.4 Å². The molecule has 0 aliphatic carbocycles.